The average molecular weight is 507 g/mol. The van der Waals surface area contributed by atoms with E-state index in [1.54, 1.807) is 14.0 Å². The van der Waals surface area contributed by atoms with E-state index in [4.69, 9.17) is 15.2 Å². The maximum atomic E-state index is 11.0. The van der Waals surface area contributed by atoms with Crippen LogP contribution in [0.25, 0.3) is 0 Å². The summed E-state index contributed by atoms with van der Waals surface area (Å²) in [7, 11) is 1.78. The van der Waals surface area contributed by atoms with Gasteiger partial charge in [-0.25, -0.2) is 9.97 Å². The van der Waals surface area contributed by atoms with Gasteiger partial charge in [0.25, 0.3) is 0 Å². The van der Waals surface area contributed by atoms with Crippen molar-refractivity contribution in [1.82, 2.24) is 9.97 Å². The fourth-order valence-corrected chi connectivity index (χ4v) is 3.11. The summed E-state index contributed by atoms with van der Waals surface area (Å²) in [5.41, 5.74) is 5.70. The molecule has 25 heavy (non-hydrogen) atoms. The minimum absolute atomic E-state index is 0. The zero-order valence-electron chi connectivity index (χ0n) is 14.3. The molecular weight excluding hydrogens is 481 g/mol. The maximum Gasteiger partial charge on any atom is 0.325 e. The first kappa shape index (κ1) is 24.5. The summed E-state index contributed by atoms with van der Waals surface area (Å²) in [6.45, 7) is 2.20. The van der Waals surface area contributed by atoms with Gasteiger partial charge in [0.1, 0.15) is 15.8 Å². The Bertz CT molecular complexity index is 518. The van der Waals surface area contributed by atoms with Crippen LogP contribution >= 0.6 is 44.3 Å². The van der Waals surface area contributed by atoms with E-state index < -0.39 is 0 Å². The number of halogens is 3. The van der Waals surface area contributed by atoms with Crippen molar-refractivity contribution in [3.8, 4) is 0 Å². The Hall–Kier alpha value is -0.480. The highest BCUT2D eigenvalue weighted by atomic mass is 79.9. The van der Waals surface area contributed by atoms with E-state index in [9.17, 15) is 4.79 Å². The lowest BCUT2D eigenvalue weighted by atomic mass is 9.94. The van der Waals surface area contributed by atoms with Crippen LogP contribution in [0.1, 0.15) is 32.6 Å². The first-order chi connectivity index (χ1) is 11.5. The van der Waals surface area contributed by atoms with Crippen LogP contribution in [0.15, 0.2) is 15.4 Å². The number of carbonyl (C=O) groups excluding carboxylic acids is 1. The number of ether oxygens (including phenoxy) is 2. The number of carbonyl (C=O) groups is 1. The van der Waals surface area contributed by atoms with Crippen molar-refractivity contribution in [2.45, 2.75) is 44.8 Å². The summed E-state index contributed by atoms with van der Waals surface area (Å²) in [5, 5.41) is 2.81. The number of methoxy groups -OCH3 is 1. The van der Waals surface area contributed by atoms with E-state index in [0.717, 1.165) is 25.7 Å². The van der Waals surface area contributed by atoms with E-state index in [2.05, 4.69) is 47.1 Å². The number of hydrogen-bond donors (Lipinski definition) is 2. The number of nitrogens with two attached hydrogens (primary N) is 1. The molecule has 1 fully saturated rings. The normalized spacial score (nSPS) is 19.1. The summed E-state index contributed by atoms with van der Waals surface area (Å²) in [6.07, 6.45) is 6.61. The van der Waals surface area contributed by atoms with Gasteiger partial charge in [0.15, 0.2) is 5.82 Å². The van der Waals surface area contributed by atoms with Crippen molar-refractivity contribution in [2.75, 3.05) is 25.6 Å². The van der Waals surface area contributed by atoms with E-state index in [1.165, 1.54) is 6.20 Å². The molecule has 1 aromatic heterocycles. The second-order valence-corrected chi connectivity index (χ2v) is 6.83. The van der Waals surface area contributed by atoms with Crippen molar-refractivity contribution >= 4 is 56.1 Å². The first-order valence-electron chi connectivity index (χ1n) is 7.82. The SMILES string of the molecule is CCO[13C](=O)[13CH2]Nc1ncc(Br)nc1Br.COC1CCC(N)CC1.Cl. The van der Waals surface area contributed by atoms with E-state index in [0.29, 0.717) is 33.8 Å². The topological polar surface area (TPSA) is 99.4 Å². The highest BCUT2D eigenvalue weighted by Gasteiger charge is 2.16. The van der Waals surface area contributed by atoms with Crippen molar-refractivity contribution < 1.29 is 14.3 Å². The first-order valence-corrected chi connectivity index (χ1v) is 9.40. The summed E-state index contributed by atoms with van der Waals surface area (Å²) >= 11 is 6.40. The molecule has 0 saturated heterocycles. The molecule has 144 valence electrons. The van der Waals surface area contributed by atoms with Crippen LogP contribution in [0.2, 0.25) is 0 Å². The fourth-order valence-electron chi connectivity index (χ4n) is 2.16. The van der Waals surface area contributed by atoms with Crippen molar-refractivity contribution in [3.63, 3.8) is 0 Å². The Balaban J connectivity index is 0.000000495. The smallest absolute Gasteiger partial charge is 0.325 e. The summed E-state index contributed by atoms with van der Waals surface area (Å²) < 4.78 is 11.1. The minimum atomic E-state index is -0.325. The number of esters is 1. The molecular formula is C15H25Br2ClN4O3. The summed E-state index contributed by atoms with van der Waals surface area (Å²) in [6, 6.07) is 0.441. The minimum Gasteiger partial charge on any atom is -0.465 e. The molecule has 7 nitrogen and oxygen atoms in total. The third-order valence-electron chi connectivity index (χ3n) is 3.46. The number of nitrogens with zero attached hydrogens (tertiary/aromatic N) is 2. The Morgan fingerprint density at radius 2 is 2.00 bits per heavy atom. The average Bonchev–Trinajstić information content (AvgIpc) is 2.56. The van der Waals surface area contributed by atoms with Gasteiger partial charge in [-0.05, 0) is 64.5 Å². The number of aromatic nitrogens is 2. The number of hydrogen-bond acceptors (Lipinski definition) is 7. The molecule has 0 aliphatic heterocycles. The van der Waals surface area contributed by atoms with Crippen LogP contribution in [0.4, 0.5) is 5.82 Å². The summed E-state index contributed by atoms with van der Waals surface area (Å²) in [4.78, 5) is 19.1. The van der Waals surface area contributed by atoms with Crippen molar-refractivity contribution in [1.29, 1.82) is 0 Å². The molecule has 0 atom stereocenters. The zero-order chi connectivity index (χ0) is 17.9. The Morgan fingerprint density at radius 1 is 1.36 bits per heavy atom. The molecule has 1 saturated carbocycles. The molecule has 0 spiro atoms. The number of anilines is 1. The molecule has 3 N–H and O–H groups in total. The highest BCUT2D eigenvalue weighted by molar-refractivity contribution is 9.11. The van der Waals surface area contributed by atoms with Gasteiger partial charge in [-0.15, -0.1) is 12.4 Å². The van der Waals surface area contributed by atoms with E-state index >= 15 is 0 Å². The molecule has 0 aromatic carbocycles. The van der Waals surface area contributed by atoms with Gasteiger partial charge in [0.2, 0.25) is 0 Å². The van der Waals surface area contributed by atoms with Crippen molar-refractivity contribution in [2.24, 2.45) is 5.73 Å². The zero-order valence-corrected chi connectivity index (χ0v) is 18.3. The van der Waals surface area contributed by atoms with Crippen LogP contribution in [0.5, 0.6) is 0 Å². The molecule has 2 rings (SSSR count). The highest BCUT2D eigenvalue weighted by Crippen LogP contribution is 2.19. The summed E-state index contributed by atoms with van der Waals surface area (Å²) in [5.74, 6) is 0.181. The third-order valence-corrected chi connectivity index (χ3v) is 4.39. The molecule has 0 amide bonds. The lowest BCUT2D eigenvalue weighted by Crippen LogP contribution is -2.29. The van der Waals surface area contributed by atoms with Gasteiger partial charge in [0.05, 0.1) is 18.9 Å². The van der Waals surface area contributed by atoms with Crippen LogP contribution < -0.4 is 11.1 Å². The Labute approximate surface area is 171 Å². The standard InChI is InChI=1S/C8H9Br2N3O2.C7H15NO.ClH/c1-2-15-6(14)4-12-8-7(10)13-5(9)3-11-8;1-9-7-4-2-6(8)3-5-7;/h3H,2,4H2,1H3,(H,11,12);6-7H,2-5,8H2,1H3;1H/i4+1,6+1;;. The fraction of sp³-hybridized carbons (Fsp3) is 0.667. The predicted molar refractivity (Wildman–Crippen MR) is 107 cm³/mol. The molecule has 0 unspecified atom stereocenters. The third kappa shape index (κ3) is 10.3. The lowest BCUT2D eigenvalue weighted by molar-refractivity contribution is -0.140. The van der Waals surface area contributed by atoms with Gasteiger partial charge in [-0.3, -0.25) is 4.79 Å². The molecule has 1 aromatic rings. The predicted octanol–water partition coefficient (Wildman–Crippen LogP) is 3.30. The second kappa shape index (κ2) is 13.7. The Kier molecular flexibility index (Phi) is 13.4. The molecule has 1 heterocycles. The van der Waals surface area contributed by atoms with Crippen LogP contribution in [0.3, 0.4) is 0 Å². The van der Waals surface area contributed by atoms with Gasteiger partial charge < -0.3 is 20.5 Å². The number of rotatable bonds is 5. The van der Waals surface area contributed by atoms with Crippen LogP contribution in [0, 0.1) is 0 Å². The largest absolute Gasteiger partial charge is 0.465 e. The van der Waals surface area contributed by atoms with Crippen LogP contribution in [-0.4, -0.2) is 48.3 Å². The second-order valence-electron chi connectivity index (χ2n) is 5.26. The van der Waals surface area contributed by atoms with Gasteiger partial charge in [-0.1, -0.05) is 0 Å². The monoisotopic (exact) mass is 504 g/mol. The maximum absolute atomic E-state index is 11.0. The molecule has 1 aliphatic rings. The molecule has 0 bridgehead atoms. The van der Waals surface area contributed by atoms with E-state index in [1.807, 2.05) is 0 Å². The lowest BCUT2D eigenvalue weighted by Gasteiger charge is -2.24. The molecule has 1 aliphatic carbocycles. The number of nitrogens with one attached hydrogen (secondary N) is 1. The molecule has 10 heteroatoms. The van der Waals surface area contributed by atoms with Crippen molar-refractivity contribution in [3.05, 3.63) is 15.4 Å². The van der Waals surface area contributed by atoms with Gasteiger partial charge in [-0.2, -0.15) is 0 Å². The van der Waals surface area contributed by atoms with Crippen LogP contribution in [-0.2, 0) is 14.3 Å². The quantitative estimate of drug-likeness (QED) is 0.467. The van der Waals surface area contributed by atoms with E-state index in [-0.39, 0.29) is 24.9 Å². The Morgan fingerprint density at radius 3 is 2.52 bits per heavy atom. The molecule has 0 radical (unpaired) electrons. The van der Waals surface area contributed by atoms with Gasteiger partial charge in [0, 0.05) is 13.2 Å². The van der Waals surface area contributed by atoms with Gasteiger partial charge >= 0.3 is 5.97 Å².